The van der Waals surface area contributed by atoms with Crippen LogP contribution < -0.4 is 0 Å². The summed E-state index contributed by atoms with van der Waals surface area (Å²) in [5.74, 6) is 0. The molecule has 0 saturated carbocycles. The van der Waals surface area contributed by atoms with Crippen molar-refractivity contribution in [2.45, 2.75) is 0 Å². The normalized spacial score (nSPS) is 10.3. The van der Waals surface area contributed by atoms with Crippen LogP contribution in [0, 0.1) is 0 Å². The molecule has 84 valence electrons. The Balaban J connectivity index is -0.000000180. The van der Waals surface area contributed by atoms with Crippen LogP contribution in [0.1, 0.15) is 0 Å². The van der Waals surface area contributed by atoms with Gasteiger partial charge in [0.15, 0.2) is 0 Å². The van der Waals surface area contributed by atoms with E-state index >= 15 is 0 Å². The predicted octanol–water partition coefficient (Wildman–Crippen LogP) is -1.14. The van der Waals surface area contributed by atoms with Crippen LogP contribution in [0.3, 0.4) is 0 Å². The molecule has 0 atom stereocenters. The van der Waals surface area contributed by atoms with Crippen molar-refractivity contribution < 1.29 is 44.2 Å². The molecule has 0 fully saturated rings. The summed E-state index contributed by atoms with van der Waals surface area (Å²) in [4.78, 5) is 0. The molecule has 0 amide bonds. The Morgan fingerprint density at radius 1 is 0.667 bits per heavy atom. The molecule has 0 aromatic rings. The Labute approximate surface area is 125 Å². The minimum absolute atomic E-state index is 0. The summed E-state index contributed by atoms with van der Waals surface area (Å²) < 4.78 is 91.7. The fraction of sp³-hybridized carbons (Fsp3) is 0. The predicted molar refractivity (Wildman–Crippen MR) is 41.7 cm³/mol. The smallest absolute Gasteiger partial charge is 0.737 e. The van der Waals surface area contributed by atoms with E-state index in [9.17, 15) is 25.9 Å². The van der Waals surface area contributed by atoms with Gasteiger partial charge in [-0.15, -0.1) is 0 Å². The van der Waals surface area contributed by atoms with Crippen molar-refractivity contribution in [3.63, 3.8) is 0 Å². The second-order valence-corrected chi connectivity index (χ2v) is 8.38. The molecule has 15 heteroatoms. The summed E-state index contributed by atoms with van der Waals surface area (Å²) in [6.07, 6.45) is 0. The molecule has 0 radical (unpaired) electrons. The Bertz CT molecular complexity index is 448. The van der Waals surface area contributed by atoms with Crippen molar-refractivity contribution in [3.05, 3.63) is 0 Å². The molecule has 0 heterocycles. The molecule has 0 rings (SSSR count). The zero-order chi connectivity index (χ0) is 12.2. The maximum atomic E-state index is 9.18. The molecule has 15 heavy (non-hydrogen) atoms. The van der Waals surface area contributed by atoms with Crippen molar-refractivity contribution >= 4 is 82.1 Å². The van der Waals surface area contributed by atoms with E-state index in [1.165, 1.54) is 0 Å². The molecule has 0 saturated heterocycles. The first-order valence-electron chi connectivity index (χ1n) is 2.10. The topological polar surface area (TPSA) is 183 Å². The molecule has 0 aromatic heterocycles. The molecule has 0 N–H and O–H groups in total. The standard InChI is InChI=1S/Ba.2HO5PS/c;2*1-6(2)7(3,4)5/h;2*(H,3,4,5)/q+2;;/p-2. The van der Waals surface area contributed by atoms with Gasteiger partial charge in [-0.3, -0.25) is 0 Å². The summed E-state index contributed by atoms with van der Waals surface area (Å²) in [7, 11) is -10.1. The Morgan fingerprint density at radius 2 is 0.733 bits per heavy atom. The summed E-state index contributed by atoms with van der Waals surface area (Å²) >= 11 is 0. The quantitative estimate of drug-likeness (QED) is 0.299. The van der Waals surface area contributed by atoms with Gasteiger partial charge in [-0.25, -0.2) is 35.1 Å². The first kappa shape index (κ1) is 21.5. The van der Waals surface area contributed by atoms with Crippen LogP contribution in [0.25, 0.3) is 0 Å². The summed E-state index contributed by atoms with van der Waals surface area (Å²) in [5.41, 5.74) is 0. The van der Waals surface area contributed by atoms with Crippen LogP contribution in [0.15, 0.2) is 0 Å². The van der Waals surface area contributed by atoms with Crippen molar-refractivity contribution in [1.29, 1.82) is 0 Å². The first-order valence-corrected chi connectivity index (χ1v) is 8.48. The van der Waals surface area contributed by atoms with Gasteiger partial charge >= 0.3 is 62.6 Å². The van der Waals surface area contributed by atoms with E-state index < -0.39 is 33.2 Å². The second kappa shape index (κ2) is 8.31. The van der Waals surface area contributed by atoms with E-state index in [1.807, 2.05) is 0 Å². The molecular formula is BaO10P2S2. The van der Waals surface area contributed by atoms with Crippen LogP contribution in [0.5, 0.6) is 0 Å². The zero-order valence-corrected chi connectivity index (χ0v) is 14.4. The van der Waals surface area contributed by atoms with Crippen LogP contribution in [-0.4, -0.2) is 74.8 Å². The van der Waals surface area contributed by atoms with Crippen molar-refractivity contribution in [3.8, 4) is 0 Å². The third-order valence-corrected chi connectivity index (χ3v) is 3.29. The summed E-state index contributed by atoms with van der Waals surface area (Å²) in [6, 6.07) is 0. The average molecular weight is 423 g/mol. The third kappa shape index (κ3) is 15.2. The van der Waals surface area contributed by atoms with Crippen molar-refractivity contribution in [1.82, 2.24) is 0 Å². The van der Waals surface area contributed by atoms with Crippen LogP contribution >= 0.6 is 13.8 Å². The molecule has 0 unspecified atom stereocenters. The van der Waals surface area contributed by atoms with E-state index in [-0.39, 0.29) is 48.9 Å². The van der Waals surface area contributed by atoms with Gasteiger partial charge in [-0.1, -0.05) is 0 Å². The number of hydrogen-bond donors (Lipinski definition) is 0. The van der Waals surface area contributed by atoms with Crippen molar-refractivity contribution in [2.24, 2.45) is 0 Å². The fourth-order valence-corrected chi connectivity index (χ4v) is 0. The SMILES string of the molecule is O=P(=O)S(=O)(=O)[O-].O=P(=O)S(=O)(=O)[O-].[Ba+2]. The second-order valence-electron chi connectivity index (χ2n) is 1.30. The van der Waals surface area contributed by atoms with Crippen LogP contribution in [-0.2, 0) is 37.7 Å². The Kier molecular flexibility index (Phi) is 11.9. The van der Waals surface area contributed by atoms with Crippen molar-refractivity contribution in [2.75, 3.05) is 0 Å². The van der Waals surface area contributed by atoms with Gasteiger partial charge < -0.3 is 9.11 Å². The summed E-state index contributed by atoms with van der Waals surface area (Å²) in [5, 5.41) is 0. The summed E-state index contributed by atoms with van der Waals surface area (Å²) in [6.45, 7) is -7.65. The molecule has 0 aliphatic heterocycles. The van der Waals surface area contributed by atoms with Crippen LogP contribution in [0.4, 0.5) is 0 Å². The first-order chi connectivity index (χ1) is 5.89. The van der Waals surface area contributed by atoms with Gasteiger partial charge in [-0.2, -0.15) is 0 Å². The maximum absolute atomic E-state index is 9.18. The van der Waals surface area contributed by atoms with Gasteiger partial charge in [0.1, 0.15) is 0 Å². The third-order valence-electron chi connectivity index (χ3n) is 0.365. The van der Waals surface area contributed by atoms with Gasteiger partial charge in [0, 0.05) is 0 Å². The molecule has 0 aromatic carbocycles. The number of rotatable bonds is 2. The van der Waals surface area contributed by atoms with Gasteiger partial charge in [0.05, 0.1) is 0 Å². The molecule has 0 aliphatic rings. The molecule has 0 spiro atoms. The fourth-order valence-electron chi connectivity index (χ4n) is 0. The van der Waals surface area contributed by atoms with E-state index in [2.05, 4.69) is 0 Å². The monoisotopic (exact) mass is 424 g/mol. The zero-order valence-electron chi connectivity index (χ0n) is 6.50. The van der Waals surface area contributed by atoms with E-state index in [4.69, 9.17) is 18.3 Å². The molecule has 0 aliphatic carbocycles. The van der Waals surface area contributed by atoms with E-state index in [0.29, 0.717) is 0 Å². The molecule has 0 bridgehead atoms. The molecule has 10 nitrogen and oxygen atoms in total. The van der Waals surface area contributed by atoms with E-state index in [0.717, 1.165) is 0 Å². The van der Waals surface area contributed by atoms with E-state index in [1.54, 1.807) is 0 Å². The minimum atomic E-state index is -5.04. The maximum Gasteiger partial charge on any atom is 2.00 e. The van der Waals surface area contributed by atoms with Crippen LogP contribution in [0.2, 0.25) is 0 Å². The largest absolute Gasteiger partial charge is 2.00 e. The van der Waals surface area contributed by atoms with Gasteiger partial charge in [0.25, 0.3) is 0 Å². The van der Waals surface area contributed by atoms with Gasteiger partial charge in [0.2, 0.25) is 19.5 Å². The Morgan fingerprint density at radius 3 is 0.733 bits per heavy atom. The number of hydrogen-bond acceptors (Lipinski definition) is 10. The molecular weight excluding hydrogens is 423 g/mol. The minimum Gasteiger partial charge on any atom is -0.737 e. The Hall–Kier alpha value is 1.19. The van der Waals surface area contributed by atoms with Gasteiger partial charge in [-0.05, 0) is 0 Å². The average Bonchev–Trinajstić information content (AvgIpc) is 1.83.